The quantitative estimate of drug-likeness (QED) is 0.363. The number of rotatable bonds is 1. The molecule has 0 heterocycles. The predicted octanol–water partition coefficient (Wildman–Crippen LogP) is 3.35. The minimum atomic E-state index is -1.41. The second kappa shape index (κ2) is 4.11. The Balaban J connectivity index is 2.94. The maximum atomic E-state index is 5.64. The van der Waals surface area contributed by atoms with E-state index in [1.54, 1.807) is 24.3 Å². The van der Waals surface area contributed by atoms with Crippen molar-refractivity contribution in [2.24, 2.45) is 5.84 Å². The molecule has 1 aromatic carbocycles. The Hall–Kier alpha value is 0.140. The van der Waals surface area contributed by atoms with Crippen LogP contribution >= 0.6 is 46.6 Å². The van der Waals surface area contributed by atoms with Crippen LogP contribution in [0.3, 0.4) is 0 Å². The van der Waals surface area contributed by atoms with Crippen LogP contribution in [0.5, 0.6) is 0 Å². The lowest BCUT2D eigenvalue weighted by Crippen LogP contribution is -2.18. The molecule has 0 saturated heterocycles. The van der Waals surface area contributed by atoms with Gasteiger partial charge >= 0.3 is 0 Å². The number of nitrogens with two attached hydrogens (primary N) is 1. The number of alkyl halides is 3. The first kappa shape index (κ1) is 11.2. The maximum absolute atomic E-state index is 5.64. The molecule has 0 saturated carbocycles. The molecule has 2 nitrogen and oxygen atoms in total. The normalized spacial score (nSPS) is 11.5. The Bertz CT molecular complexity index is 278. The number of hydrazine groups is 1. The third kappa shape index (κ3) is 3.08. The molecule has 0 aliphatic heterocycles. The lowest BCUT2D eigenvalue weighted by molar-refractivity contribution is 1.17. The van der Waals surface area contributed by atoms with Crippen LogP contribution in [0.25, 0.3) is 0 Å². The van der Waals surface area contributed by atoms with Crippen LogP contribution in [0.2, 0.25) is 0 Å². The van der Waals surface area contributed by atoms with Crippen LogP contribution in [0.1, 0.15) is 5.56 Å². The van der Waals surface area contributed by atoms with Crippen molar-refractivity contribution in [1.29, 1.82) is 0 Å². The van der Waals surface area contributed by atoms with Gasteiger partial charge in [-0.15, -0.1) is 0 Å². The molecule has 0 atom stereocenters. The Labute approximate surface area is 96.2 Å². The lowest BCUT2D eigenvalue weighted by atomic mass is 10.2. The van der Waals surface area contributed by atoms with E-state index in [0.717, 1.165) is 4.53 Å². The first-order valence-corrected chi connectivity index (χ1v) is 4.76. The number of benzene rings is 1. The fourth-order valence-corrected chi connectivity index (χ4v) is 1.28. The Morgan fingerprint density at radius 1 is 1.08 bits per heavy atom. The number of nitrogens with zero attached hydrogens (tertiary/aromatic N) is 1. The van der Waals surface area contributed by atoms with Crippen molar-refractivity contribution < 1.29 is 0 Å². The summed E-state index contributed by atoms with van der Waals surface area (Å²) in [5.74, 6) is 5.27. The van der Waals surface area contributed by atoms with E-state index in [0.29, 0.717) is 11.3 Å². The van der Waals surface area contributed by atoms with Crippen molar-refractivity contribution in [3.8, 4) is 0 Å². The first-order chi connectivity index (χ1) is 5.91. The summed E-state index contributed by atoms with van der Waals surface area (Å²) in [5, 5.41) is 0. The molecular formula is C7H6Cl4N2. The van der Waals surface area contributed by atoms with Crippen LogP contribution < -0.4 is 10.4 Å². The average Bonchev–Trinajstić information content (AvgIpc) is 2.03. The van der Waals surface area contributed by atoms with Crippen LogP contribution in [0, 0.1) is 0 Å². The highest BCUT2D eigenvalue weighted by molar-refractivity contribution is 6.66. The number of hydrogen-bond acceptors (Lipinski definition) is 2. The van der Waals surface area contributed by atoms with Crippen molar-refractivity contribution in [2.75, 3.05) is 4.53 Å². The summed E-state index contributed by atoms with van der Waals surface area (Å²) < 4.78 is -0.452. The van der Waals surface area contributed by atoms with Gasteiger partial charge in [-0.3, -0.25) is 0 Å². The van der Waals surface area contributed by atoms with Crippen molar-refractivity contribution in [3.05, 3.63) is 29.8 Å². The van der Waals surface area contributed by atoms with E-state index in [-0.39, 0.29) is 0 Å². The molecule has 1 aromatic rings. The molecule has 1 rings (SSSR count). The fraction of sp³-hybridized carbons (Fsp3) is 0.143. The van der Waals surface area contributed by atoms with Crippen molar-refractivity contribution in [3.63, 3.8) is 0 Å². The van der Waals surface area contributed by atoms with Gasteiger partial charge in [-0.2, -0.15) is 0 Å². The van der Waals surface area contributed by atoms with Crippen molar-refractivity contribution in [1.82, 2.24) is 0 Å². The summed E-state index contributed by atoms with van der Waals surface area (Å²) in [7, 11) is 0. The highest BCUT2D eigenvalue weighted by atomic mass is 35.6. The molecule has 0 aliphatic rings. The zero-order valence-electron chi connectivity index (χ0n) is 6.35. The van der Waals surface area contributed by atoms with Gasteiger partial charge in [0.05, 0.1) is 5.69 Å². The minimum Gasteiger partial charge on any atom is -0.232 e. The lowest BCUT2D eigenvalue weighted by Gasteiger charge is -2.13. The van der Waals surface area contributed by atoms with Crippen molar-refractivity contribution >= 4 is 52.3 Å². The second-order valence-corrected chi connectivity index (χ2v) is 5.00. The molecule has 0 aliphatic carbocycles. The van der Waals surface area contributed by atoms with E-state index in [2.05, 4.69) is 0 Å². The second-order valence-electron chi connectivity index (χ2n) is 2.36. The smallest absolute Gasteiger partial charge is 0.216 e. The van der Waals surface area contributed by atoms with E-state index in [4.69, 9.17) is 52.4 Å². The molecule has 6 heteroatoms. The molecule has 13 heavy (non-hydrogen) atoms. The molecule has 2 N–H and O–H groups in total. The molecule has 72 valence electrons. The zero-order chi connectivity index (χ0) is 10.1. The minimum absolute atomic E-state index is 0.569. The van der Waals surface area contributed by atoms with Crippen LogP contribution in [0.15, 0.2) is 24.3 Å². The highest BCUT2D eigenvalue weighted by Crippen LogP contribution is 2.38. The fourth-order valence-electron chi connectivity index (χ4n) is 0.793. The summed E-state index contributed by atoms with van der Waals surface area (Å²) >= 11 is 22.4. The van der Waals surface area contributed by atoms with Crippen LogP contribution in [-0.4, -0.2) is 0 Å². The molecule has 0 bridgehead atoms. The van der Waals surface area contributed by atoms with Crippen LogP contribution in [0.4, 0.5) is 5.69 Å². The third-order valence-corrected chi connectivity index (χ3v) is 2.29. The monoisotopic (exact) mass is 258 g/mol. The van der Waals surface area contributed by atoms with E-state index in [9.17, 15) is 0 Å². The van der Waals surface area contributed by atoms with Gasteiger partial charge in [0.25, 0.3) is 0 Å². The summed E-state index contributed by atoms with van der Waals surface area (Å²) in [6, 6.07) is 6.60. The number of halogens is 4. The number of anilines is 1. The van der Waals surface area contributed by atoms with E-state index in [1.807, 2.05) is 0 Å². The average molecular weight is 260 g/mol. The summed E-state index contributed by atoms with van der Waals surface area (Å²) in [6.45, 7) is 0. The van der Waals surface area contributed by atoms with Gasteiger partial charge in [-0.25, -0.2) is 10.4 Å². The summed E-state index contributed by atoms with van der Waals surface area (Å²) in [4.78, 5) is 0. The zero-order valence-corrected chi connectivity index (χ0v) is 9.37. The SMILES string of the molecule is NN(Cl)c1ccc(C(Cl)(Cl)Cl)cc1. The molecule has 0 spiro atoms. The molecular weight excluding hydrogens is 254 g/mol. The summed E-state index contributed by atoms with van der Waals surface area (Å²) in [6.07, 6.45) is 0. The molecule has 0 radical (unpaired) electrons. The van der Waals surface area contributed by atoms with E-state index in [1.165, 1.54) is 0 Å². The standard InChI is InChI=1S/C7H6Cl4N2/c8-7(9,10)5-1-3-6(4-2-5)13(11)12/h1-4H,12H2. The Morgan fingerprint density at radius 3 is 1.85 bits per heavy atom. The first-order valence-electron chi connectivity index (χ1n) is 3.29. The van der Waals surface area contributed by atoms with E-state index >= 15 is 0 Å². The molecule has 0 fully saturated rings. The van der Waals surface area contributed by atoms with Crippen LogP contribution in [-0.2, 0) is 3.79 Å². The van der Waals surface area contributed by atoms with Crippen molar-refractivity contribution in [2.45, 2.75) is 3.79 Å². The topological polar surface area (TPSA) is 29.3 Å². The van der Waals surface area contributed by atoms with Gasteiger partial charge in [0, 0.05) is 17.3 Å². The Kier molecular flexibility index (Phi) is 3.55. The largest absolute Gasteiger partial charge is 0.232 e. The highest BCUT2D eigenvalue weighted by Gasteiger charge is 2.22. The molecule has 0 amide bonds. The van der Waals surface area contributed by atoms with E-state index < -0.39 is 3.79 Å². The third-order valence-electron chi connectivity index (χ3n) is 1.44. The van der Waals surface area contributed by atoms with Gasteiger partial charge in [0.15, 0.2) is 0 Å². The summed E-state index contributed by atoms with van der Waals surface area (Å²) in [5.41, 5.74) is 1.19. The molecule has 0 aromatic heterocycles. The van der Waals surface area contributed by atoms with Gasteiger partial charge < -0.3 is 0 Å². The molecule has 0 unspecified atom stereocenters. The van der Waals surface area contributed by atoms with Gasteiger partial charge in [-0.1, -0.05) is 46.9 Å². The van der Waals surface area contributed by atoms with Gasteiger partial charge in [0.2, 0.25) is 3.79 Å². The number of hydrogen-bond donors (Lipinski definition) is 1. The van der Waals surface area contributed by atoms with Gasteiger partial charge in [0.1, 0.15) is 0 Å². The van der Waals surface area contributed by atoms with Gasteiger partial charge in [-0.05, 0) is 12.1 Å². The Morgan fingerprint density at radius 2 is 1.54 bits per heavy atom. The maximum Gasteiger partial charge on any atom is 0.216 e. The predicted molar refractivity (Wildman–Crippen MR) is 58.2 cm³/mol.